The van der Waals surface area contributed by atoms with Crippen molar-refractivity contribution in [2.24, 2.45) is 5.92 Å². The summed E-state index contributed by atoms with van der Waals surface area (Å²) >= 11 is 0. The van der Waals surface area contributed by atoms with Crippen LogP contribution in [0.25, 0.3) is 0 Å². The van der Waals surface area contributed by atoms with E-state index in [1.165, 1.54) is 26.4 Å². The molecule has 4 heteroatoms. The number of ether oxygens (including phenoxy) is 1. The standard InChI is InChI=1S/C13H19NO3/c1-9(10-4-3-5-10)14-8-11-6-7-12(17-11)13(15)16-2/h6-7,9-10,14H,3-5,8H2,1-2H3. The monoisotopic (exact) mass is 237 g/mol. The molecule has 0 spiro atoms. The smallest absolute Gasteiger partial charge is 0.373 e. The third-order valence-corrected chi connectivity index (χ3v) is 3.50. The van der Waals surface area contributed by atoms with Crippen LogP contribution in [0.1, 0.15) is 42.5 Å². The summed E-state index contributed by atoms with van der Waals surface area (Å²) in [5.74, 6) is 1.41. The fraction of sp³-hybridized carbons (Fsp3) is 0.615. The molecule has 17 heavy (non-hydrogen) atoms. The van der Waals surface area contributed by atoms with Crippen LogP contribution in [0.2, 0.25) is 0 Å². The lowest BCUT2D eigenvalue weighted by atomic mass is 9.80. The molecular weight excluding hydrogens is 218 g/mol. The average Bonchev–Trinajstić information content (AvgIpc) is 2.71. The highest BCUT2D eigenvalue weighted by molar-refractivity contribution is 5.86. The van der Waals surface area contributed by atoms with Gasteiger partial charge in [0.15, 0.2) is 0 Å². The van der Waals surface area contributed by atoms with Crippen LogP contribution in [-0.4, -0.2) is 19.1 Å². The highest BCUT2D eigenvalue weighted by Crippen LogP contribution is 2.29. The van der Waals surface area contributed by atoms with Gasteiger partial charge in [0.05, 0.1) is 13.7 Å². The molecule has 1 saturated carbocycles. The number of furan rings is 1. The number of rotatable bonds is 5. The summed E-state index contributed by atoms with van der Waals surface area (Å²) in [5, 5.41) is 3.43. The normalized spacial score (nSPS) is 17.5. The number of methoxy groups -OCH3 is 1. The Kier molecular flexibility index (Phi) is 3.84. The fourth-order valence-corrected chi connectivity index (χ4v) is 2.05. The molecule has 0 radical (unpaired) electrons. The third-order valence-electron chi connectivity index (χ3n) is 3.50. The van der Waals surface area contributed by atoms with E-state index in [-0.39, 0.29) is 5.76 Å². The van der Waals surface area contributed by atoms with E-state index in [0.29, 0.717) is 12.6 Å². The minimum absolute atomic E-state index is 0.264. The number of esters is 1. The van der Waals surface area contributed by atoms with Gasteiger partial charge in [0, 0.05) is 6.04 Å². The molecule has 2 rings (SSSR count). The SMILES string of the molecule is COC(=O)c1ccc(CNC(C)C2CCC2)o1. The molecule has 0 bridgehead atoms. The van der Waals surface area contributed by atoms with Gasteiger partial charge >= 0.3 is 5.97 Å². The van der Waals surface area contributed by atoms with E-state index in [2.05, 4.69) is 17.0 Å². The van der Waals surface area contributed by atoms with Gasteiger partial charge in [0.25, 0.3) is 0 Å². The number of carbonyl (C=O) groups excluding carboxylic acids is 1. The van der Waals surface area contributed by atoms with Gasteiger partial charge in [-0.3, -0.25) is 0 Å². The quantitative estimate of drug-likeness (QED) is 0.799. The summed E-state index contributed by atoms with van der Waals surface area (Å²) in [4.78, 5) is 11.2. The van der Waals surface area contributed by atoms with Gasteiger partial charge in [-0.1, -0.05) is 6.42 Å². The highest BCUT2D eigenvalue weighted by atomic mass is 16.5. The van der Waals surface area contributed by atoms with Crippen molar-refractivity contribution in [1.82, 2.24) is 5.32 Å². The van der Waals surface area contributed by atoms with E-state index in [4.69, 9.17) is 4.42 Å². The average molecular weight is 237 g/mol. The molecule has 4 nitrogen and oxygen atoms in total. The van der Waals surface area contributed by atoms with Gasteiger partial charge in [-0.2, -0.15) is 0 Å². The Morgan fingerprint density at radius 1 is 1.59 bits per heavy atom. The Hall–Kier alpha value is -1.29. The van der Waals surface area contributed by atoms with Crippen molar-refractivity contribution in [3.63, 3.8) is 0 Å². The molecule has 1 fully saturated rings. The zero-order valence-corrected chi connectivity index (χ0v) is 10.4. The largest absolute Gasteiger partial charge is 0.463 e. The number of carbonyl (C=O) groups is 1. The van der Waals surface area contributed by atoms with Crippen molar-refractivity contribution in [2.45, 2.75) is 38.8 Å². The first-order valence-corrected chi connectivity index (χ1v) is 6.11. The topological polar surface area (TPSA) is 51.5 Å². The minimum atomic E-state index is -0.428. The second kappa shape index (κ2) is 5.36. The summed E-state index contributed by atoms with van der Waals surface area (Å²) in [7, 11) is 1.35. The Bertz CT molecular complexity index is 382. The van der Waals surface area contributed by atoms with Crippen LogP contribution in [0.5, 0.6) is 0 Å². The van der Waals surface area contributed by atoms with Crippen molar-refractivity contribution < 1.29 is 13.9 Å². The van der Waals surface area contributed by atoms with E-state index in [9.17, 15) is 4.79 Å². The number of nitrogens with one attached hydrogen (secondary N) is 1. The first kappa shape index (κ1) is 12.2. The van der Waals surface area contributed by atoms with Crippen LogP contribution in [0.4, 0.5) is 0 Å². The summed E-state index contributed by atoms with van der Waals surface area (Å²) < 4.78 is 9.97. The summed E-state index contributed by atoms with van der Waals surface area (Å²) in [5.41, 5.74) is 0. The Morgan fingerprint density at radius 2 is 2.35 bits per heavy atom. The van der Waals surface area contributed by atoms with Crippen LogP contribution in [-0.2, 0) is 11.3 Å². The molecule has 0 saturated heterocycles. The zero-order chi connectivity index (χ0) is 12.3. The van der Waals surface area contributed by atoms with Gasteiger partial charge in [0.2, 0.25) is 5.76 Å². The first-order valence-electron chi connectivity index (χ1n) is 6.11. The Morgan fingerprint density at radius 3 is 2.94 bits per heavy atom. The fourth-order valence-electron chi connectivity index (χ4n) is 2.05. The molecule has 1 aliphatic carbocycles. The van der Waals surface area contributed by atoms with Crippen molar-refractivity contribution in [3.8, 4) is 0 Å². The Balaban J connectivity index is 1.82. The third kappa shape index (κ3) is 2.88. The second-order valence-electron chi connectivity index (χ2n) is 4.62. The molecule has 1 aromatic rings. The van der Waals surface area contributed by atoms with Crippen LogP contribution in [0, 0.1) is 5.92 Å². The summed E-state index contributed by atoms with van der Waals surface area (Å²) in [6.45, 7) is 2.86. The van der Waals surface area contributed by atoms with Crippen molar-refractivity contribution >= 4 is 5.97 Å². The van der Waals surface area contributed by atoms with Gasteiger partial charge in [-0.05, 0) is 37.8 Å². The van der Waals surface area contributed by atoms with Gasteiger partial charge in [0.1, 0.15) is 5.76 Å². The van der Waals surface area contributed by atoms with Crippen molar-refractivity contribution in [2.75, 3.05) is 7.11 Å². The maximum absolute atomic E-state index is 11.2. The van der Waals surface area contributed by atoms with Crippen molar-refractivity contribution in [3.05, 3.63) is 23.7 Å². The van der Waals surface area contributed by atoms with Crippen LogP contribution in [0.15, 0.2) is 16.5 Å². The molecule has 1 aromatic heterocycles. The second-order valence-corrected chi connectivity index (χ2v) is 4.62. The van der Waals surface area contributed by atoms with Gasteiger partial charge in [-0.15, -0.1) is 0 Å². The first-order chi connectivity index (χ1) is 8.20. The van der Waals surface area contributed by atoms with E-state index in [0.717, 1.165) is 11.7 Å². The molecule has 0 aromatic carbocycles. The summed E-state index contributed by atoms with van der Waals surface area (Å²) in [6, 6.07) is 3.97. The Labute approximate surface area is 101 Å². The number of hydrogen-bond acceptors (Lipinski definition) is 4. The summed E-state index contributed by atoms with van der Waals surface area (Å²) in [6.07, 6.45) is 3.99. The van der Waals surface area contributed by atoms with Crippen LogP contribution < -0.4 is 5.32 Å². The predicted octanol–water partition coefficient (Wildman–Crippen LogP) is 2.34. The molecule has 1 atom stereocenters. The molecule has 1 unspecified atom stereocenters. The maximum Gasteiger partial charge on any atom is 0.373 e. The molecule has 1 aliphatic rings. The lowest BCUT2D eigenvalue weighted by Crippen LogP contribution is -2.36. The van der Waals surface area contributed by atoms with Crippen molar-refractivity contribution in [1.29, 1.82) is 0 Å². The van der Waals surface area contributed by atoms with Crippen LogP contribution >= 0.6 is 0 Å². The highest BCUT2D eigenvalue weighted by Gasteiger charge is 2.23. The predicted molar refractivity (Wildman–Crippen MR) is 63.7 cm³/mol. The molecule has 1 N–H and O–H groups in total. The van der Waals surface area contributed by atoms with E-state index in [1.807, 2.05) is 6.07 Å². The van der Waals surface area contributed by atoms with E-state index >= 15 is 0 Å². The zero-order valence-electron chi connectivity index (χ0n) is 10.4. The lowest BCUT2D eigenvalue weighted by Gasteiger charge is -2.31. The molecular formula is C13H19NO3. The van der Waals surface area contributed by atoms with Crippen LogP contribution in [0.3, 0.4) is 0 Å². The van der Waals surface area contributed by atoms with Gasteiger partial charge < -0.3 is 14.5 Å². The molecule has 0 amide bonds. The lowest BCUT2D eigenvalue weighted by molar-refractivity contribution is 0.0562. The van der Waals surface area contributed by atoms with E-state index in [1.54, 1.807) is 6.07 Å². The number of hydrogen-bond donors (Lipinski definition) is 1. The molecule has 94 valence electrons. The molecule has 0 aliphatic heterocycles. The van der Waals surface area contributed by atoms with Gasteiger partial charge in [-0.25, -0.2) is 4.79 Å². The minimum Gasteiger partial charge on any atom is -0.463 e. The molecule has 1 heterocycles. The van der Waals surface area contributed by atoms with E-state index < -0.39 is 5.97 Å². The maximum atomic E-state index is 11.2.